The summed E-state index contributed by atoms with van der Waals surface area (Å²) in [5, 5.41) is 4.19. The van der Waals surface area contributed by atoms with Crippen molar-refractivity contribution in [2.45, 2.75) is 0 Å². The van der Waals surface area contributed by atoms with E-state index in [1.54, 1.807) is 6.07 Å². The van der Waals surface area contributed by atoms with E-state index in [1.165, 1.54) is 23.5 Å². The monoisotopic (exact) mass is 326 g/mol. The number of nitrogens with one attached hydrogen (secondary N) is 1. The maximum absolute atomic E-state index is 13.2. The van der Waals surface area contributed by atoms with Crippen LogP contribution >= 0.6 is 23.7 Å². The molecule has 3 heterocycles. The maximum Gasteiger partial charge on any atom is 0.263 e. The van der Waals surface area contributed by atoms with Crippen molar-refractivity contribution in [3.05, 3.63) is 35.0 Å². The minimum Gasteiger partial charge on any atom is -0.337 e. The highest BCUT2D eigenvalue weighted by atomic mass is 35.5. The molecule has 0 radical (unpaired) electrons. The van der Waals surface area contributed by atoms with Crippen LogP contribution in [0, 0.1) is 17.7 Å². The number of carbonyl (C=O) groups excluding carboxylic acids is 1. The van der Waals surface area contributed by atoms with Gasteiger partial charge in [0.1, 0.15) is 5.82 Å². The number of halogens is 2. The Hall–Kier alpha value is -1.17. The van der Waals surface area contributed by atoms with E-state index in [0.717, 1.165) is 41.1 Å². The predicted molar refractivity (Wildman–Crippen MR) is 84.8 cm³/mol. The van der Waals surface area contributed by atoms with Crippen LogP contribution in [0.3, 0.4) is 0 Å². The van der Waals surface area contributed by atoms with Crippen LogP contribution in [0.5, 0.6) is 0 Å². The fourth-order valence-electron chi connectivity index (χ4n) is 3.30. The topological polar surface area (TPSA) is 32.3 Å². The van der Waals surface area contributed by atoms with Gasteiger partial charge in [0, 0.05) is 30.9 Å². The first-order valence-electron chi connectivity index (χ1n) is 6.90. The van der Waals surface area contributed by atoms with Gasteiger partial charge in [-0.05, 0) is 41.5 Å². The molecule has 0 bridgehead atoms. The smallest absolute Gasteiger partial charge is 0.263 e. The first-order valence-corrected chi connectivity index (χ1v) is 7.71. The van der Waals surface area contributed by atoms with Gasteiger partial charge in [0.05, 0.1) is 4.88 Å². The summed E-state index contributed by atoms with van der Waals surface area (Å²) in [4.78, 5) is 15.2. The quantitative estimate of drug-likeness (QED) is 0.874. The Bertz CT molecular complexity index is 677. The van der Waals surface area contributed by atoms with Crippen molar-refractivity contribution in [3.63, 3.8) is 0 Å². The molecular weight excluding hydrogens is 311 g/mol. The van der Waals surface area contributed by atoms with Crippen LogP contribution in [0.15, 0.2) is 24.3 Å². The summed E-state index contributed by atoms with van der Waals surface area (Å²) in [5.41, 5.74) is 0. The van der Waals surface area contributed by atoms with Crippen LogP contribution in [0.1, 0.15) is 9.67 Å². The van der Waals surface area contributed by atoms with E-state index in [4.69, 9.17) is 0 Å². The molecule has 3 nitrogen and oxygen atoms in total. The normalized spacial score (nSPS) is 24.1. The molecule has 2 fully saturated rings. The van der Waals surface area contributed by atoms with Gasteiger partial charge < -0.3 is 10.2 Å². The molecule has 2 aliphatic heterocycles. The van der Waals surface area contributed by atoms with Gasteiger partial charge in [-0.15, -0.1) is 23.7 Å². The molecule has 6 heteroatoms. The standard InChI is InChI=1S/C15H15FN2OS.ClH/c16-12-1-2-13-9(3-12)4-14(20-13)15(19)18-7-10-5-17-6-11(10)8-18;/h1-4,10-11,17H,5-8H2;1H/t10-,11+;. The van der Waals surface area contributed by atoms with Crippen molar-refractivity contribution in [2.75, 3.05) is 26.2 Å². The molecule has 112 valence electrons. The molecular formula is C15H16ClFN2OS. The number of nitrogens with zero attached hydrogens (tertiary/aromatic N) is 1. The summed E-state index contributed by atoms with van der Waals surface area (Å²) in [6, 6.07) is 6.50. The van der Waals surface area contributed by atoms with E-state index < -0.39 is 0 Å². The molecule has 4 rings (SSSR count). The molecule has 2 aliphatic rings. The highest BCUT2D eigenvalue weighted by Gasteiger charge is 2.38. The van der Waals surface area contributed by atoms with Gasteiger partial charge in [-0.25, -0.2) is 4.39 Å². The summed E-state index contributed by atoms with van der Waals surface area (Å²) in [6.45, 7) is 3.73. The molecule has 2 aromatic rings. The number of amides is 1. The van der Waals surface area contributed by atoms with Crippen LogP contribution in [0.25, 0.3) is 10.1 Å². The van der Waals surface area contributed by atoms with Crippen LogP contribution in [0.4, 0.5) is 4.39 Å². The maximum atomic E-state index is 13.2. The Morgan fingerprint density at radius 3 is 2.67 bits per heavy atom. The first kappa shape index (κ1) is 14.8. The summed E-state index contributed by atoms with van der Waals surface area (Å²) < 4.78 is 14.2. The molecule has 2 saturated heterocycles. The van der Waals surface area contributed by atoms with E-state index in [2.05, 4.69) is 5.32 Å². The average Bonchev–Trinajstić information content (AvgIpc) is 3.10. The Morgan fingerprint density at radius 1 is 1.24 bits per heavy atom. The molecule has 2 atom stereocenters. The van der Waals surface area contributed by atoms with Gasteiger partial charge in [0.15, 0.2) is 0 Å². The molecule has 1 aromatic heterocycles. The lowest BCUT2D eigenvalue weighted by Gasteiger charge is -2.16. The van der Waals surface area contributed by atoms with Crippen molar-refractivity contribution in [1.29, 1.82) is 0 Å². The van der Waals surface area contributed by atoms with E-state index in [1.807, 2.05) is 11.0 Å². The van der Waals surface area contributed by atoms with Crippen molar-refractivity contribution in [1.82, 2.24) is 10.2 Å². The number of thiophene rings is 1. The first-order chi connectivity index (χ1) is 9.70. The summed E-state index contributed by atoms with van der Waals surface area (Å²) in [5.74, 6) is 1.05. The second-order valence-corrected chi connectivity index (χ2v) is 6.77. The highest BCUT2D eigenvalue weighted by Crippen LogP contribution is 2.31. The summed E-state index contributed by atoms with van der Waals surface area (Å²) in [7, 11) is 0. The zero-order valence-corrected chi connectivity index (χ0v) is 13.0. The second-order valence-electron chi connectivity index (χ2n) is 5.68. The third-order valence-corrected chi connectivity index (χ3v) is 5.47. The number of benzene rings is 1. The Kier molecular flexibility index (Phi) is 3.90. The van der Waals surface area contributed by atoms with Gasteiger partial charge in [0.2, 0.25) is 0 Å². The molecule has 0 spiro atoms. The number of rotatable bonds is 1. The van der Waals surface area contributed by atoms with E-state index in [0.29, 0.717) is 11.8 Å². The largest absolute Gasteiger partial charge is 0.337 e. The van der Waals surface area contributed by atoms with Gasteiger partial charge in [-0.2, -0.15) is 0 Å². The molecule has 0 unspecified atom stereocenters. The van der Waals surface area contributed by atoms with Crippen molar-refractivity contribution in [3.8, 4) is 0 Å². The van der Waals surface area contributed by atoms with Crippen molar-refractivity contribution < 1.29 is 9.18 Å². The molecule has 1 aromatic carbocycles. The predicted octanol–water partition coefficient (Wildman–Crippen LogP) is 2.75. The van der Waals surface area contributed by atoms with Crippen LogP contribution in [-0.4, -0.2) is 37.0 Å². The number of fused-ring (bicyclic) bond motifs is 2. The lowest BCUT2D eigenvalue weighted by molar-refractivity contribution is 0.0786. The van der Waals surface area contributed by atoms with Crippen molar-refractivity contribution in [2.24, 2.45) is 11.8 Å². The number of hydrogen-bond acceptors (Lipinski definition) is 3. The minimum absolute atomic E-state index is 0. The lowest BCUT2D eigenvalue weighted by Crippen LogP contribution is -2.31. The fraction of sp³-hybridized carbons (Fsp3) is 0.400. The number of likely N-dealkylation sites (tertiary alicyclic amines) is 1. The zero-order valence-electron chi connectivity index (χ0n) is 11.3. The molecule has 0 aliphatic carbocycles. The average molecular weight is 327 g/mol. The zero-order chi connectivity index (χ0) is 13.7. The molecule has 1 amide bonds. The van der Waals surface area contributed by atoms with E-state index in [-0.39, 0.29) is 24.1 Å². The second kappa shape index (κ2) is 5.55. The minimum atomic E-state index is -0.254. The molecule has 0 saturated carbocycles. The molecule has 21 heavy (non-hydrogen) atoms. The van der Waals surface area contributed by atoms with Crippen LogP contribution in [-0.2, 0) is 0 Å². The third kappa shape index (κ3) is 2.54. The lowest BCUT2D eigenvalue weighted by atomic mass is 10.0. The Balaban J connectivity index is 0.00000132. The highest BCUT2D eigenvalue weighted by molar-refractivity contribution is 7.20. The number of hydrogen-bond donors (Lipinski definition) is 1. The van der Waals surface area contributed by atoms with Crippen molar-refractivity contribution >= 4 is 39.7 Å². The third-order valence-electron chi connectivity index (χ3n) is 4.37. The van der Waals surface area contributed by atoms with E-state index >= 15 is 0 Å². The Morgan fingerprint density at radius 2 is 1.95 bits per heavy atom. The SMILES string of the molecule is Cl.O=C(c1cc2cc(F)ccc2s1)N1C[C@H]2CNC[C@H]2C1. The van der Waals surface area contributed by atoms with Gasteiger partial charge in [0.25, 0.3) is 5.91 Å². The van der Waals surface area contributed by atoms with Crippen LogP contribution < -0.4 is 5.32 Å². The van der Waals surface area contributed by atoms with Gasteiger partial charge >= 0.3 is 0 Å². The molecule has 1 N–H and O–H groups in total. The summed E-state index contributed by atoms with van der Waals surface area (Å²) >= 11 is 1.46. The summed E-state index contributed by atoms with van der Waals surface area (Å²) in [6.07, 6.45) is 0. The number of carbonyl (C=O) groups is 1. The van der Waals surface area contributed by atoms with E-state index in [9.17, 15) is 9.18 Å². The van der Waals surface area contributed by atoms with Gasteiger partial charge in [-0.1, -0.05) is 0 Å². The van der Waals surface area contributed by atoms with Crippen LogP contribution in [0.2, 0.25) is 0 Å². The van der Waals surface area contributed by atoms with Gasteiger partial charge in [-0.3, -0.25) is 4.79 Å². The fourth-order valence-corrected chi connectivity index (χ4v) is 4.31. The Labute approximate surface area is 132 Å².